The first kappa shape index (κ1) is 23.5. The van der Waals surface area contributed by atoms with Gasteiger partial charge in [-0.05, 0) is 37.0 Å². The van der Waals surface area contributed by atoms with Crippen LogP contribution < -0.4 is 4.72 Å². The third-order valence-corrected chi connectivity index (χ3v) is 7.25. The van der Waals surface area contributed by atoms with Gasteiger partial charge in [-0.3, -0.25) is 4.68 Å². The second-order valence-corrected chi connectivity index (χ2v) is 9.82. The minimum atomic E-state index is -4.07. The van der Waals surface area contributed by atoms with Gasteiger partial charge >= 0.3 is 0 Å². The van der Waals surface area contributed by atoms with E-state index in [9.17, 15) is 17.9 Å². The van der Waals surface area contributed by atoms with E-state index in [-0.39, 0.29) is 12.7 Å². The molecule has 1 aromatic heterocycles. The molecule has 0 spiro atoms. The van der Waals surface area contributed by atoms with Crippen LogP contribution in [0.15, 0.2) is 65.7 Å². The van der Waals surface area contributed by atoms with Crippen molar-refractivity contribution in [2.24, 2.45) is 0 Å². The summed E-state index contributed by atoms with van der Waals surface area (Å²) >= 11 is 0. The first-order chi connectivity index (χ1) is 15.9. The van der Waals surface area contributed by atoms with Crippen LogP contribution in [0.1, 0.15) is 30.5 Å². The maximum Gasteiger partial charge on any atom is 0.243 e. The molecular weight excluding hydrogens is 447 g/mol. The molecule has 3 atom stereocenters. The van der Waals surface area contributed by atoms with Gasteiger partial charge in [-0.1, -0.05) is 47.7 Å². The highest BCUT2D eigenvalue weighted by Crippen LogP contribution is 2.24. The molecule has 2 heterocycles. The minimum Gasteiger partial charge on any atom is -0.394 e. The van der Waals surface area contributed by atoms with E-state index in [2.05, 4.69) is 15.0 Å². The van der Waals surface area contributed by atoms with Crippen molar-refractivity contribution >= 4 is 10.0 Å². The molecule has 33 heavy (non-hydrogen) atoms. The normalized spacial score (nSPS) is 21.2. The standard InChI is InChI=1S/C23H27FN4O4S/c24-20-8-4-5-9-23(20)33(30,31)26-21-11-10-19(32-22(21)16-29)12-13-28-15-18(25-27-28)14-17-6-2-1-3-7-17/h1-9,15,19,21-22,26,29H,10-14,16H2/t19-,21+,22-/m0/s1. The number of nitrogens with zero attached hydrogens (tertiary/aromatic N) is 3. The van der Waals surface area contributed by atoms with Gasteiger partial charge in [-0.2, -0.15) is 0 Å². The summed E-state index contributed by atoms with van der Waals surface area (Å²) in [5, 5.41) is 18.2. The van der Waals surface area contributed by atoms with Crippen LogP contribution >= 0.6 is 0 Å². The monoisotopic (exact) mass is 474 g/mol. The summed E-state index contributed by atoms with van der Waals surface area (Å²) in [7, 11) is -4.07. The van der Waals surface area contributed by atoms with E-state index in [4.69, 9.17) is 4.74 Å². The van der Waals surface area contributed by atoms with Crippen molar-refractivity contribution in [1.82, 2.24) is 19.7 Å². The highest BCUT2D eigenvalue weighted by molar-refractivity contribution is 7.89. The summed E-state index contributed by atoms with van der Waals surface area (Å²) < 4.78 is 49.4. The first-order valence-corrected chi connectivity index (χ1v) is 12.4. The molecule has 1 aliphatic heterocycles. The summed E-state index contributed by atoms with van der Waals surface area (Å²) in [6.45, 7) is 0.252. The first-order valence-electron chi connectivity index (χ1n) is 10.9. The number of aliphatic hydroxyl groups excluding tert-OH is 1. The third kappa shape index (κ3) is 6.02. The van der Waals surface area contributed by atoms with Crippen molar-refractivity contribution in [3.05, 3.63) is 77.9 Å². The summed E-state index contributed by atoms with van der Waals surface area (Å²) in [5.74, 6) is -0.820. The number of sulfonamides is 1. The van der Waals surface area contributed by atoms with Gasteiger partial charge in [0.1, 0.15) is 10.7 Å². The molecule has 1 saturated heterocycles. The molecule has 0 radical (unpaired) electrons. The lowest BCUT2D eigenvalue weighted by Crippen LogP contribution is -2.51. The molecule has 0 unspecified atom stereocenters. The van der Waals surface area contributed by atoms with Crippen LogP contribution in [0, 0.1) is 5.82 Å². The van der Waals surface area contributed by atoms with Crippen LogP contribution in [0.25, 0.3) is 0 Å². The van der Waals surface area contributed by atoms with E-state index in [0.29, 0.717) is 32.2 Å². The number of rotatable bonds is 9. The summed E-state index contributed by atoms with van der Waals surface area (Å²) in [5.41, 5.74) is 2.04. The Morgan fingerprint density at radius 2 is 1.88 bits per heavy atom. The Labute approximate surface area is 192 Å². The zero-order valence-electron chi connectivity index (χ0n) is 18.0. The number of aryl methyl sites for hydroxylation is 1. The smallest absolute Gasteiger partial charge is 0.243 e. The third-order valence-electron chi connectivity index (χ3n) is 5.72. The van der Waals surface area contributed by atoms with E-state index in [0.717, 1.165) is 17.3 Å². The Balaban J connectivity index is 1.30. The molecule has 2 N–H and O–H groups in total. The SMILES string of the molecule is O=S(=O)(N[C@@H]1CC[C@@H](CCn2cc(Cc3ccccc3)nn2)O[C@H]1CO)c1ccccc1F. The van der Waals surface area contributed by atoms with Gasteiger partial charge in [0.2, 0.25) is 10.0 Å². The van der Waals surface area contributed by atoms with E-state index >= 15 is 0 Å². The molecule has 0 amide bonds. The van der Waals surface area contributed by atoms with Gasteiger partial charge < -0.3 is 9.84 Å². The fraction of sp³-hybridized carbons (Fsp3) is 0.391. The number of hydrogen-bond donors (Lipinski definition) is 2. The van der Waals surface area contributed by atoms with Gasteiger partial charge in [-0.25, -0.2) is 17.5 Å². The number of hydrogen-bond acceptors (Lipinski definition) is 6. The zero-order chi connectivity index (χ0) is 23.3. The molecule has 8 nitrogen and oxygen atoms in total. The average Bonchev–Trinajstić information content (AvgIpc) is 3.26. The highest BCUT2D eigenvalue weighted by Gasteiger charge is 2.34. The van der Waals surface area contributed by atoms with Crippen molar-refractivity contribution in [3.63, 3.8) is 0 Å². The minimum absolute atomic E-state index is 0.155. The lowest BCUT2D eigenvalue weighted by Gasteiger charge is -2.36. The van der Waals surface area contributed by atoms with Gasteiger partial charge in [0.05, 0.1) is 30.6 Å². The number of benzene rings is 2. The number of halogens is 1. The van der Waals surface area contributed by atoms with Crippen molar-refractivity contribution < 1.29 is 22.7 Å². The predicted molar refractivity (Wildman–Crippen MR) is 119 cm³/mol. The zero-order valence-corrected chi connectivity index (χ0v) is 18.9. The Bertz CT molecular complexity index is 1160. The maximum absolute atomic E-state index is 14.0. The number of aromatic nitrogens is 3. The topological polar surface area (TPSA) is 106 Å². The Morgan fingerprint density at radius 1 is 1.12 bits per heavy atom. The predicted octanol–water partition coefficient (Wildman–Crippen LogP) is 2.29. The van der Waals surface area contributed by atoms with Gasteiger partial charge in [0, 0.05) is 19.2 Å². The maximum atomic E-state index is 14.0. The molecule has 4 rings (SSSR count). The van der Waals surface area contributed by atoms with Crippen LogP contribution in [0.2, 0.25) is 0 Å². The molecule has 2 aromatic carbocycles. The Morgan fingerprint density at radius 3 is 2.64 bits per heavy atom. The van der Waals surface area contributed by atoms with Crippen LogP contribution in [0.5, 0.6) is 0 Å². The van der Waals surface area contributed by atoms with E-state index in [1.54, 1.807) is 4.68 Å². The number of aliphatic hydroxyl groups is 1. The van der Waals surface area contributed by atoms with Crippen molar-refractivity contribution in [2.75, 3.05) is 6.61 Å². The van der Waals surface area contributed by atoms with Crippen molar-refractivity contribution in [2.45, 2.75) is 55.4 Å². The van der Waals surface area contributed by atoms with E-state index < -0.39 is 32.9 Å². The molecule has 176 valence electrons. The largest absolute Gasteiger partial charge is 0.394 e. The highest BCUT2D eigenvalue weighted by atomic mass is 32.2. The van der Waals surface area contributed by atoms with Crippen LogP contribution in [-0.2, 0) is 27.7 Å². The lowest BCUT2D eigenvalue weighted by molar-refractivity contribution is -0.0891. The molecular formula is C23H27FN4O4S. The number of ether oxygens (including phenoxy) is 1. The van der Waals surface area contributed by atoms with E-state index in [1.807, 2.05) is 36.5 Å². The second kappa shape index (κ2) is 10.5. The summed E-state index contributed by atoms with van der Waals surface area (Å²) in [6.07, 6.45) is 3.47. The van der Waals surface area contributed by atoms with Gasteiger partial charge in [-0.15, -0.1) is 5.10 Å². The van der Waals surface area contributed by atoms with E-state index in [1.165, 1.54) is 18.2 Å². The summed E-state index contributed by atoms with van der Waals surface area (Å²) in [6, 6.07) is 14.6. The molecule has 1 aliphatic rings. The molecule has 0 bridgehead atoms. The fourth-order valence-corrected chi connectivity index (χ4v) is 5.39. The molecule has 0 aliphatic carbocycles. The number of nitrogens with one attached hydrogen (secondary N) is 1. The quantitative estimate of drug-likeness (QED) is 0.493. The second-order valence-electron chi connectivity index (χ2n) is 8.14. The Kier molecular flexibility index (Phi) is 7.49. The average molecular weight is 475 g/mol. The molecule has 0 saturated carbocycles. The fourth-order valence-electron chi connectivity index (χ4n) is 4.01. The lowest BCUT2D eigenvalue weighted by atomic mass is 9.98. The van der Waals surface area contributed by atoms with Gasteiger partial charge in [0.25, 0.3) is 0 Å². The molecule has 3 aromatic rings. The van der Waals surface area contributed by atoms with Gasteiger partial charge in [0.15, 0.2) is 0 Å². The van der Waals surface area contributed by atoms with Crippen LogP contribution in [-0.4, -0.2) is 53.4 Å². The summed E-state index contributed by atoms with van der Waals surface area (Å²) in [4.78, 5) is -0.415. The van der Waals surface area contributed by atoms with Crippen LogP contribution in [0.3, 0.4) is 0 Å². The van der Waals surface area contributed by atoms with Crippen molar-refractivity contribution in [1.29, 1.82) is 0 Å². The van der Waals surface area contributed by atoms with Crippen molar-refractivity contribution in [3.8, 4) is 0 Å². The Hall–Kier alpha value is -2.66. The molecule has 10 heteroatoms. The molecule has 1 fully saturated rings. The van der Waals surface area contributed by atoms with Crippen LogP contribution in [0.4, 0.5) is 4.39 Å².